The molecule has 1 fully saturated rings. The Morgan fingerprint density at radius 1 is 1.12 bits per heavy atom. The molecule has 6 heteroatoms. The van der Waals surface area contributed by atoms with Gasteiger partial charge in [-0.1, -0.05) is 54.6 Å². The zero-order valence-corrected chi connectivity index (χ0v) is 20.0. The summed E-state index contributed by atoms with van der Waals surface area (Å²) in [6, 6.07) is 19.4. The highest BCUT2D eigenvalue weighted by atomic mass is 32.1. The van der Waals surface area contributed by atoms with Gasteiger partial charge in [-0.25, -0.2) is 0 Å². The summed E-state index contributed by atoms with van der Waals surface area (Å²) in [5, 5.41) is 5.96. The minimum absolute atomic E-state index is 0.0492. The first kappa shape index (κ1) is 23.5. The Hall–Kier alpha value is -1.70. The standard InChI is InChI=1S/C26H36N4OS/c1-21-25(19-23-11-5-6-12-24(23)28-21)30(20-22-9-3-2-4-10-22)26(32)27-13-7-14-29-15-8-17-31-18-16-29/h2-6,9-12,19,21,25-27,32H,7-8,13-18,20H2,1H3. The molecule has 2 aliphatic rings. The summed E-state index contributed by atoms with van der Waals surface area (Å²) in [6.07, 6.45) is 4.60. The molecule has 0 radical (unpaired) electrons. The number of hydrogen-bond donors (Lipinski definition) is 2. The van der Waals surface area contributed by atoms with Crippen LogP contribution in [0.1, 0.15) is 25.3 Å². The number of nitrogens with zero attached hydrogens (tertiary/aromatic N) is 3. The molecule has 3 unspecified atom stereocenters. The molecule has 32 heavy (non-hydrogen) atoms. The fourth-order valence-electron chi connectivity index (χ4n) is 4.56. The average Bonchev–Trinajstić information content (AvgIpc) is 3.09. The lowest BCUT2D eigenvalue weighted by atomic mass is 10.0. The molecule has 0 bridgehead atoms. The van der Waals surface area contributed by atoms with Crippen molar-refractivity contribution in [2.45, 2.75) is 43.9 Å². The van der Waals surface area contributed by atoms with Crippen molar-refractivity contribution >= 4 is 18.7 Å². The van der Waals surface area contributed by atoms with Crippen LogP contribution in [0.25, 0.3) is 6.08 Å². The Kier molecular flexibility index (Phi) is 8.77. The Balaban J connectivity index is 1.42. The third-order valence-corrected chi connectivity index (χ3v) is 6.80. The molecule has 1 saturated heterocycles. The Bertz CT molecular complexity index is 946. The highest BCUT2D eigenvalue weighted by Crippen LogP contribution is 2.19. The second kappa shape index (κ2) is 12.0. The van der Waals surface area contributed by atoms with E-state index in [1.165, 1.54) is 10.8 Å². The maximum Gasteiger partial charge on any atom is 0.106 e. The van der Waals surface area contributed by atoms with E-state index in [9.17, 15) is 0 Å². The molecule has 4 rings (SSSR count). The van der Waals surface area contributed by atoms with Gasteiger partial charge in [-0.3, -0.25) is 15.2 Å². The number of nitrogens with one attached hydrogen (secondary N) is 1. The Morgan fingerprint density at radius 3 is 2.81 bits per heavy atom. The molecule has 2 heterocycles. The predicted octanol–water partition coefficient (Wildman–Crippen LogP) is 2.28. The molecule has 2 aromatic rings. The molecule has 5 nitrogen and oxygen atoms in total. The number of thiol groups is 1. The van der Waals surface area contributed by atoms with Gasteiger partial charge in [-0.2, -0.15) is 0 Å². The van der Waals surface area contributed by atoms with E-state index in [1.54, 1.807) is 0 Å². The van der Waals surface area contributed by atoms with Crippen molar-refractivity contribution in [2.24, 2.45) is 4.99 Å². The van der Waals surface area contributed by atoms with Gasteiger partial charge in [-0.15, -0.1) is 12.6 Å². The monoisotopic (exact) mass is 452 g/mol. The van der Waals surface area contributed by atoms with Gasteiger partial charge in [0.05, 0.1) is 24.0 Å². The first-order chi connectivity index (χ1) is 15.7. The molecule has 1 N–H and O–H groups in total. The van der Waals surface area contributed by atoms with Crippen LogP contribution in [0, 0.1) is 0 Å². The van der Waals surface area contributed by atoms with Crippen molar-refractivity contribution in [3.63, 3.8) is 0 Å². The van der Waals surface area contributed by atoms with Gasteiger partial charge in [0.25, 0.3) is 0 Å². The Morgan fingerprint density at radius 2 is 1.94 bits per heavy atom. The van der Waals surface area contributed by atoms with Gasteiger partial charge in [0.15, 0.2) is 0 Å². The Labute approximate surface area is 197 Å². The molecule has 0 aliphatic carbocycles. The fraction of sp³-hybridized carbons (Fsp3) is 0.500. The predicted molar refractivity (Wildman–Crippen MR) is 134 cm³/mol. The van der Waals surface area contributed by atoms with Crippen LogP contribution in [0.4, 0.5) is 0 Å². The molecule has 0 spiro atoms. The maximum atomic E-state index is 5.57. The summed E-state index contributed by atoms with van der Waals surface area (Å²) < 4.78 is 5.57. The van der Waals surface area contributed by atoms with Gasteiger partial charge < -0.3 is 9.64 Å². The third-order valence-electron chi connectivity index (χ3n) is 6.32. The van der Waals surface area contributed by atoms with Gasteiger partial charge in [0.1, 0.15) is 5.50 Å². The number of ether oxygens (including phenoxy) is 1. The van der Waals surface area contributed by atoms with E-state index in [-0.39, 0.29) is 17.6 Å². The van der Waals surface area contributed by atoms with E-state index in [2.05, 4.69) is 82.7 Å². The van der Waals surface area contributed by atoms with Gasteiger partial charge in [0, 0.05) is 26.2 Å². The van der Waals surface area contributed by atoms with Crippen molar-refractivity contribution < 1.29 is 4.74 Å². The largest absolute Gasteiger partial charge is 0.380 e. The zero-order chi connectivity index (χ0) is 22.2. The number of para-hydroxylation sites is 1. The first-order valence-corrected chi connectivity index (χ1v) is 12.4. The topological polar surface area (TPSA) is 40.1 Å². The highest BCUT2D eigenvalue weighted by Gasteiger charge is 2.28. The smallest absolute Gasteiger partial charge is 0.106 e. The molecule has 2 aromatic carbocycles. The van der Waals surface area contributed by atoms with E-state index in [1.807, 2.05) is 0 Å². The quantitative estimate of drug-likeness (QED) is 0.348. The van der Waals surface area contributed by atoms with Crippen LogP contribution < -0.4 is 15.9 Å². The molecule has 0 aromatic heterocycles. The molecule has 3 atom stereocenters. The van der Waals surface area contributed by atoms with E-state index < -0.39 is 0 Å². The highest BCUT2D eigenvalue weighted by molar-refractivity contribution is 7.80. The van der Waals surface area contributed by atoms with E-state index in [0.717, 1.165) is 64.1 Å². The van der Waals surface area contributed by atoms with Crippen molar-refractivity contribution in [3.05, 3.63) is 70.7 Å². The first-order valence-electron chi connectivity index (χ1n) is 11.9. The molecule has 0 saturated carbocycles. The van der Waals surface area contributed by atoms with Gasteiger partial charge in [0.2, 0.25) is 0 Å². The lowest BCUT2D eigenvalue weighted by molar-refractivity contribution is 0.140. The summed E-state index contributed by atoms with van der Waals surface area (Å²) in [4.78, 5) is 9.93. The van der Waals surface area contributed by atoms with Crippen molar-refractivity contribution in [1.29, 1.82) is 0 Å². The lowest BCUT2D eigenvalue weighted by Crippen LogP contribution is -2.53. The molecule has 172 valence electrons. The zero-order valence-electron chi connectivity index (χ0n) is 19.1. The lowest BCUT2D eigenvalue weighted by Gasteiger charge is -2.38. The van der Waals surface area contributed by atoms with Crippen molar-refractivity contribution in [1.82, 2.24) is 15.1 Å². The van der Waals surface area contributed by atoms with Crippen LogP contribution >= 0.6 is 12.6 Å². The summed E-state index contributed by atoms with van der Waals surface area (Å²) in [6.45, 7) is 9.00. The van der Waals surface area contributed by atoms with Crippen LogP contribution in [-0.2, 0) is 11.3 Å². The maximum absolute atomic E-state index is 5.57. The normalized spacial score (nSPS) is 22.5. The molecule has 2 aliphatic heterocycles. The molecular weight excluding hydrogens is 416 g/mol. The average molecular weight is 453 g/mol. The summed E-state index contributed by atoms with van der Waals surface area (Å²) in [7, 11) is 0. The fourth-order valence-corrected chi connectivity index (χ4v) is 4.92. The van der Waals surface area contributed by atoms with Crippen molar-refractivity contribution in [3.8, 4) is 0 Å². The SMILES string of the molecule is CC1N=c2ccccc2=CC1N(Cc1ccccc1)C(S)NCCCN1CCCOCC1. The molecule has 0 amide bonds. The van der Waals surface area contributed by atoms with Gasteiger partial charge >= 0.3 is 0 Å². The summed E-state index contributed by atoms with van der Waals surface area (Å²) in [5.74, 6) is 0. The van der Waals surface area contributed by atoms with Gasteiger partial charge in [-0.05, 0) is 49.7 Å². The van der Waals surface area contributed by atoms with E-state index in [0.29, 0.717) is 0 Å². The van der Waals surface area contributed by atoms with Crippen LogP contribution in [0.15, 0.2) is 59.6 Å². The van der Waals surface area contributed by atoms with E-state index in [4.69, 9.17) is 22.4 Å². The number of hydrogen-bond acceptors (Lipinski definition) is 6. The second-order valence-corrected chi connectivity index (χ2v) is 9.22. The minimum Gasteiger partial charge on any atom is -0.380 e. The van der Waals surface area contributed by atoms with Crippen LogP contribution in [0.2, 0.25) is 0 Å². The summed E-state index contributed by atoms with van der Waals surface area (Å²) in [5.41, 5.74) is 1.24. The van der Waals surface area contributed by atoms with Crippen LogP contribution in [0.3, 0.4) is 0 Å². The van der Waals surface area contributed by atoms with Crippen LogP contribution in [0.5, 0.6) is 0 Å². The third kappa shape index (κ3) is 6.42. The van der Waals surface area contributed by atoms with Crippen LogP contribution in [-0.4, -0.2) is 66.8 Å². The second-order valence-electron chi connectivity index (χ2n) is 8.73. The minimum atomic E-state index is -0.0492. The number of benzene rings is 2. The summed E-state index contributed by atoms with van der Waals surface area (Å²) >= 11 is 5.01. The number of rotatable bonds is 9. The number of fused-ring (bicyclic) bond motifs is 1. The van der Waals surface area contributed by atoms with E-state index >= 15 is 0 Å². The van der Waals surface area contributed by atoms with Crippen molar-refractivity contribution in [2.75, 3.05) is 39.4 Å². The molecular formula is C26H36N4OS.